The normalized spacial score (nSPS) is 15.1. The van der Waals surface area contributed by atoms with E-state index in [1.165, 1.54) is 44.0 Å². The van der Waals surface area contributed by atoms with Crippen molar-refractivity contribution in [2.75, 3.05) is 31.3 Å². The topological polar surface area (TPSA) is 25.4 Å². The summed E-state index contributed by atoms with van der Waals surface area (Å²) in [6, 6.07) is 3.62. The maximum Gasteiger partial charge on any atom is 0.213 e. The number of unbranched alkanes of at least 4 members (excludes halogenated alkanes) is 3. The van der Waals surface area contributed by atoms with Crippen LogP contribution in [0, 0.1) is 0 Å². The molecular formula is C14H22Cl2N2OS. The van der Waals surface area contributed by atoms with Gasteiger partial charge in [0.2, 0.25) is 5.88 Å². The maximum atomic E-state index is 5.76. The Morgan fingerprint density at radius 3 is 2.80 bits per heavy atom. The molecule has 1 aliphatic heterocycles. The van der Waals surface area contributed by atoms with E-state index in [2.05, 4.69) is 9.88 Å². The minimum Gasteiger partial charge on any atom is -0.478 e. The highest BCUT2D eigenvalue weighted by Crippen LogP contribution is 2.14. The minimum absolute atomic E-state index is 0. The van der Waals surface area contributed by atoms with Gasteiger partial charge in [0.1, 0.15) is 0 Å². The number of nitrogens with zero attached hydrogens (tertiary/aromatic N) is 2. The summed E-state index contributed by atoms with van der Waals surface area (Å²) in [7, 11) is 0. The quantitative estimate of drug-likeness (QED) is 0.667. The summed E-state index contributed by atoms with van der Waals surface area (Å²) in [5, 5.41) is 0.646. The SMILES string of the molecule is Cl.Clc1ccc(OCCCCCCN2CCSC2)nc1. The Bertz CT molecular complexity index is 359. The van der Waals surface area contributed by atoms with Gasteiger partial charge < -0.3 is 4.74 Å². The molecule has 0 atom stereocenters. The number of hydrogen-bond acceptors (Lipinski definition) is 4. The lowest BCUT2D eigenvalue weighted by Crippen LogP contribution is -2.20. The first-order chi connectivity index (χ1) is 9.34. The third-order valence-electron chi connectivity index (χ3n) is 3.14. The summed E-state index contributed by atoms with van der Waals surface area (Å²) in [4.78, 5) is 6.64. The van der Waals surface area contributed by atoms with Gasteiger partial charge in [0.15, 0.2) is 0 Å². The number of ether oxygens (including phenoxy) is 1. The van der Waals surface area contributed by atoms with Crippen LogP contribution in [-0.4, -0.2) is 41.2 Å². The highest BCUT2D eigenvalue weighted by Gasteiger charge is 2.10. The van der Waals surface area contributed by atoms with E-state index in [-0.39, 0.29) is 12.4 Å². The van der Waals surface area contributed by atoms with Crippen LogP contribution in [0.5, 0.6) is 5.88 Å². The largest absolute Gasteiger partial charge is 0.478 e. The standard InChI is InChI=1S/C14H21ClN2OS.ClH/c15-13-5-6-14(16-11-13)18-9-4-2-1-3-7-17-8-10-19-12-17;/h5-6,11H,1-4,7-10,12H2;1H. The second-order valence-corrected chi connectivity index (χ2v) is 6.24. The molecular weight excluding hydrogens is 315 g/mol. The predicted octanol–water partition coefficient (Wildman–Crippen LogP) is 4.10. The molecule has 20 heavy (non-hydrogen) atoms. The molecule has 1 fully saturated rings. The van der Waals surface area contributed by atoms with Crippen LogP contribution in [0.1, 0.15) is 25.7 Å². The Morgan fingerprint density at radius 1 is 1.25 bits per heavy atom. The Kier molecular flexibility index (Phi) is 9.44. The molecule has 1 aromatic heterocycles. The lowest BCUT2D eigenvalue weighted by atomic mass is 10.2. The molecule has 0 radical (unpaired) electrons. The first-order valence-corrected chi connectivity index (χ1v) is 8.42. The van der Waals surface area contributed by atoms with Crippen LogP contribution in [-0.2, 0) is 0 Å². The zero-order valence-electron chi connectivity index (χ0n) is 11.6. The Hall–Kier alpha value is -0.160. The Balaban J connectivity index is 0.00000200. The number of rotatable bonds is 8. The monoisotopic (exact) mass is 336 g/mol. The number of hydrogen-bond donors (Lipinski definition) is 0. The lowest BCUT2D eigenvalue weighted by molar-refractivity contribution is 0.289. The summed E-state index contributed by atoms with van der Waals surface area (Å²) in [6.07, 6.45) is 6.54. The van der Waals surface area contributed by atoms with E-state index in [1.54, 1.807) is 12.3 Å². The van der Waals surface area contributed by atoms with Crippen molar-refractivity contribution in [3.05, 3.63) is 23.4 Å². The van der Waals surface area contributed by atoms with Gasteiger partial charge in [-0.15, -0.1) is 24.2 Å². The van der Waals surface area contributed by atoms with Crippen LogP contribution >= 0.6 is 35.8 Å². The zero-order chi connectivity index (χ0) is 13.3. The van der Waals surface area contributed by atoms with Gasteiger partial charge in [0.05, 0.1) is 11.6 Å². The van der Waals surface area contributed by atoms with Crippen molar-refractivity contribution in [1.82, 2.24) is 9.88 Å². The van der Waals surface area contributed by atoms with Gasteiger partial charge in [-0.05, 0) is 25.5 Å². The molecule has 0 N–H and O–H groups in total. The minimum atomic E-state index is 0. The van der Waals surface area contributed by atoms with Gasteiger partial charge in [0.25, 0.3) is 0 Å². The van der Waals surface area contributed by atoms with E-state index in [1.807, 2.05) is 17.8 Å². The maximum absolute atomic E-state index is 5.76. The van der Waals surface area contributed by atoms with Gasteiger partial charge in [-0.2, -0.15) is 0 Å². The van der Waals surface area contributed by atoms with E-state index in [0.717, 1.165) is 13.0 Å². The van der Waals surface area contributed by atoms with E-state index in [9.17, 15) is 0 Å². The average molecular weight is 337 g/mol. The smallest absolute Gasteiger partial charge is 0.213 e. The molecule has 3 nitrogen and oxygen atoms in total. The molecule has 0 saturated carbocycles. The first kappa shape index (κ1) is 17.9. The highest BCUT2D eigenvalue weighted by molar-refractivity contribution is 7.99. The summed E-state index contributed by atoms with van der Waals surface area (Å²) in [6.45, 7) is 3.27. The van der Waals surface area contributed by atoms with Crippen LogP contribution < -0.4 is 4.74 Å². The van der Waals surface area contributed by atoms with Gasteiger partial charge in [-0.3, -0.25) is 4.90 Å². The summed E-state index contributed by atoms with van der Waals surface area (Å²) >= 11 is 7.80. The van der Waals surface area contributed by atoms with Crippen molar-refractivity contribution < 1.29 is 4.74 Å². The fraction of sp³-hybridized carbons (Fsp3) is 0.643. The van der Waals surface area contributed by atoms with Crippen LogP contribution in [0.4, 0.5) is 0 Å². The predicted molar refractivity (Wildman–Crippen MR) is 89.4 cm³/mol. The molecule has 0 unspecified atom stereocenters. The number of pyridine rings is 1. The number of thioether (sulfide) groups is 1. The van der Waals surface area contributed by atoms with Crippen LogP contribution in [0.3, 0.4) is 0 Å². The summed E-state index contributed by atoms with van der Waals surface area (Å²) in [5.74, 6) is 3.20. The second kappa shape index (κ2) is 10.6. The summed E-state index contributed by atoms with van der Waals surface area (Å²) in [5.41, 5.74) is 0. The molecule has 1 saturated heterocycles. The molecule has 0 amide bonds. The average Bonchev–Trinajstić information content (AvgIpc) is 2.93. The highest BCUT2D eigenvalue weighted by atomic mass is 35.5. The first-order valence-electron chi connectivity index (χ1n) is 6.89. The van der Waals surface area contributed by atoms with E-state index >= 15 is 0 Å². The van der Waals surface area contributed by atoms with Crippen LogP contribution in [0.25, 0.3) is 0 Å². The molecule has 0 aromatic carbocycles. The fourth-order valence-corrected chi connectivity index (χ4v) is 3.19. The van der Waals surface area contributed by atoms with E-state index in [0.29, 0.717) is 10.9 Å². The Labute approximate surface area is 136 Å². The third kappa shape index (κ3) is 7.02. The van der Waals surface area contributed by atoms with Gasteiger partial charge in [-0.25, -0.2) is 4.98 Å². The molecule has 0 bridgehead atoms. The van der Waals surface area contributed by atoms with Crippen molar-refractivity contribution in [1.29, 1.82) is 0 Å². The Morgan fingerprint density at radius 2 is 2.10 bits per heavy atom. The van der Waals surface area contributed by atoms with Crippen molar-refractivity contribution in [2.45, 2.75) is 25.7 Å². The number of aromatic nitrogens is 1. The lowest BCUT2D eigenvalue weighted by Gasteiger charge is -2.12. The zero-order valence-corrected chi connectivity index (χ0v) is 14.0. The molecule has 2 heterocycles. The molecule has 114 valence electrons. The van der Waals surface area contributed by atoms with Crippen molar-refractivity contribution >= 4 is 35.8 Å². The van der Waals surface area contributed by atoms with E-state index in [4.69, 9.17) is 16.3 Å². The molecule has 1 aromatic rings. The van der Waals surface area contributed by atoms with E-state index < -0.39 is 0 Å². The third-order valence-corrected chi connectivity index (χ3v) is 4.39. The molecule has 0 aliphatic carbocycles. The molecule has 2 rings (SSSR count). The van der Waals surface area contributed by atoms with Crippen LogP contribution in [0.15, 0.2) is 18.3 Å². The fourth-order valence-electron chi connectivity index (χ4n) is 2.04. The van der Waals surface area contributed by atoms with Gasteiger partial charge in [-0.1, -0.05) is 24.4 Å². The van der Waals surface area contributed by atoms with Crippen molar-refractivity contribution in [3.8, 4) is 5.88 Å². The van der Waals surface area contributed by atoms with Gasteiger partial charge in [0, 0.05) is 30.4 Å². The van der Waals surface area contributed by atoms with Crippen molar-refractivity contribution in [3.63, 3.8) is 0 Å². The molecule has 0 spiro atoms. The van der Waals surface area contributed by atoms with Crippen LogP contribution in [0.2, 0.25) is 5.02 Å². The second-order valence-electron chi connectivity index (χ2n) is 4.73. The van der Waals surface area contributed by atoms with Crippen molar-refractivity contribution in [2.24, 2.45) is 0 Å². The number of halogens is 2. The molecule has 1 aliphatic rings. The molecule has 6 heteroatoms. The van der Waals surface area contributed by atoms with Gasteiger partial charge >= 0.3 is 0 Å². The summed E-state index contributed by atoms with van der Waals surface area (Å²) < 4.78 is 5.56.